The summed E-state index contributed by atoms with van der Waals surface area (Å²) in [5.74, 6) is 0. The minimum absolute atomic E-state index is 0.111. The normalized spacial score (nSPS) is 12.6. The molecular formula is C11H12ClN3S. The molecule has 0 aliphatic carbocycles. The predicted molar refractivity (Wildman–Crippen MR) is 66.9 cm³/mol. The van der Waals surface area contributed by atoms with Crippen molar-refractivity contribution < 1.29 is 0 Å². The van der Waals surface area contributed by atoms with Crippen molar-refractivity contribution in [3.8, 4) is 0 Å². The Labute approximate surface area is 104 Å². The van der Waals surface area contributed by atoms with Crippen molar-refractivity contribution in [1.29, 1.82) is 0 Å². The lowest BCUT2D eigenvalue weighted by Gasteiger charge is -2.15. The molecule has 0 bridgehead atoms. The first kappa shape index (κ1) is 11.5. The summed E-state index contributed by atoms with van der Waals surface area (Å²) >= 11 is 7.76. The van der Waals surface area contributed by atoms with Gasteiger partial charge in [-0.3, -0.25) is 4.98 Å². The van der Waals surface area contributed by atoms with E-state index >= 15 is 0 Å². The Morgan fingerprint density at radius 3 is 2.94 bits per heavy atom. The van der Waals surface area contributed by atoms with Crippen LogP contribution in [0.15, 0.2) is 29.9 Å². The molecule has 2 aromatic heterocycles. The van der Waals surface area contributed by atoms with Gasteiger partial charge in [0.1, 0.15) is 0 Å². The van der Waals surface area contributed by atoms with Crippen LogP contribution in [-0.4, -0.2) is 17.0 Å². The zero-order valence-corrected chi connectivity index (χ0v) is 10.4. The maximum atomic E-state index is 6.12. The molecule has 1 unspecified atom stereocenters. The molecular weight excluding hydrogens is 242 g/mol. The van der Waals surface area contributed by atoms with Gasteiger partial charge < -0.3 is 5.32 Å². The van der Waals surface area contributed by atoms with E-state index in [2.05, 4.69) is 15.3 Å². The number of pyridine rings is 1. The lowest BCUT2D eigenvalue weighted by molar-refractivity contribution is 0.574. The van der Waals surface area contributed by atoms with Crippen LogP contribution in [0, 0.1) is 0 Å². The smallest absolute Gasteiger partial charge is 0.0944 e. The third-order valence-corrected chi connectivity index (χ3v) is 3.45. The molecule has 2 heterocycles. The van der Waals surface area contributed by atoms with Crippen LogP contribution >= 0.6 is 22.9 Å². The lowest BCUT2D eigenvalue weighted by Crippen LogP contribution is -2.20. The number of rotatable bonds is 4. The minimum Gasteiger partial charge on any atom is -0.311 e. The third-order valence-electron chi connectivity index (χ3n) is 2.33. The molecule has 16 heavy (non-hydrogen) atoms. The summed E-state index contributed by atoms with van der Waals surface area (Å²) in [5.41, 5.74) is 0.877. The van der Waals surface area contributed by atoms with Gasteiger partial charge in [-0.25, -0.2) is 4.98 Å². The first-order valence-corrected chi connectivity index (χ1v) is 6.23. The number of nitrogens with one attached hydrogen (secondary N) is 1. The fraction of sp³-hybridized carbons (Fsp3) is 0.273. The molecule has 0 aromatic carbocycles. The van der Waals surface area contributed by atoms with Crippen molar-refractivity contribution in [3.63, 3.8) is 0 Å². The number of hydrogen-bond donors (Lipinski definition) is 1. The molecule has 0 aliphatic rings. The Balaban J connectivity index is 2.20. The zero-order chi connectivity index (χ0) is 11.4. The summed E-state index contributed by atoms with van der Waals surface area (Å²) in [5, 5.41) is 6.97. The maximum Gasteiger partial charge on any atom is 0.0944 e. The Hall–Kier alpha value is -0.970. The fourth-order valence-corrected chi connectivity index (χ4v) is 2.43. The maximum absolute atomic E-state index is 6.12. The van der Waals surface area contributed by atoms with Crippen molar-refractivity contribution in [3.05, 3.63) is 45.6 Å². The van der Waals surface area contributed by atoms with Gasteiger partial charge >= 0.3 is 0 Å². The number of aromatic nitrogens is 2. The van der Waals surface area contributed by atoms with Crippen molar-refractivity contribution in [2.75, 3.05) is 7.05 Å². The molecule has 84 valence electrons. The summed E-state index contributed by atoms with van der Waals surface area (Å²) in [4.78, 5) is 8.58. The van der Waals surface area contributed by atoms with Crippen molar-refractivity contribution >= 4 is 22.9 Å². The van der Waals surface area contributed by atoms with Crippen LogP contribution in [0.4, 0.5) is 0 Å². The molecule has 0 fully saturated rings. The van der Waals surface area contributed by atoms with E-state index in [1.807, 2.05) is 30.8 Å². The van der Waals surface area contributed by atoms with E-state index in [9.17, 15) is 0 Å². The molecule has 1 atom stereocenters. The molecule has 2 rings (SSSR count). The van der Waals surface area contributed by atoms with E-state index in [1.54, 1.807) is 17.5 Å². The van der Waals surface area contributed by atoms with Crippen LogP contribution in [0.5, 0.6) is 0 Å². The Kier molecular flexibility index (Phi) is 3.88. The second-order valence-corrected chi connectivity index (χ2v) is 4.73. The Bertz CT molecular complexity index is 444. The van der Waals surface area contributed by atoms with Crippen molar-refractivity contribution in [2.24, 2.45) is 0 Å². The van der Waals surface area contributed by atoms with Crippen molar-refractivity contribution in [1.82, 2.24) is 15.3 Å². The minimum atomic E-state index is 0.111. The fourth-order valence-electron chi connectivity index (χ4n) is 1.52. The van der Waals surface area contributed by atoms with Crippen molar-refractivity contribution in [2.45, 2.75) is 12.5 Å². The highest BCUT2D eigenvalue weighted by Gasteiger charge is 2.15. The van der Waals surface area contributed by atoms with Gasteiger partial charge in [-0.05, 0) is 19.2 Å². The molecule has 1 N–H and O–H groups in total. The number of nitrogens with zero attached hydrogens (tertiary/aromatic N) is 2. The third kappa shape index (κ3) is 2.58. The number of thiazole rings is 1. The van der Waals surface area contributed by atoms with Gasteiger partial charge in [0.25, 0.3) is 0 Å². The second kappa shape index (κ2) is 5.39. The highest BCUT2D eigenvalue weighted by molar-refractivity contribution is 7.09. The molecule has 0 saturated carbocycles. The van der Waals surface area contributed by atoms with E-state index in [0.29, 0.717) is 5.02 Å². The predicted octanol–water partition coefficient (Wildman–Crippen LogP) is 2.69. The van der Waals surface area contributed by atoms with E-state index < -0.39 is 0 Å². The van der Waals surface area contributed by atoms with E-state index in [0.717, 1.165) is 17.1 Å². The second-order valence-electron chi connectivity index (χ2n) is 3.34. The highest BCUT2D eigenvalue weighted by Crippen LogP contribution is 2.23. The quantitative estimate of drug-likeness (QED) is 0.911. The summed E-state index contributed by atoms with van der Waals surface area (Å²) in [6, 6.07) is 3.80. The lowest BCUT2D eigenvalue weighted by atomic mass is 10.1. The monoisotopic (exact) mass is 253 g/mol. The number of hydrogen-bond acceptors (Lipinski definition) is 4. The average Bonchev–Trinajstić information content (AvgIpc) is 2.80. The number of likely N-dealkylation sites (N-methyl/N-ethyl adjacent to an activating group) is 1. The van der Waals surface area contributed by atoms with Gasteiger partial charge in [-0.15, -0.1) is 11.3 Å². The summed E-state index contributed by atoms with van der Waals surface area (Å²) in [6.07, 6.45) is 4.38. The summed E-state index contributed by atoms with van der Waals surface area (Å²) < 4.78 is 0. The van der Waals surface area contributed by atoms with Gasteiger partial charge in [-0.2, -0.15) is 0 Å². The molecule has 0 saturated heterocycles. The van der Waals surface area contributed by atoms with Crippen LogP contribution in [0.25, 0.3) is 0 Å². The standard InChI is InChI=1S/C11H12ClN3S/c1-13-9(7-10-14-5-6-16-10)11-8(12)3-2-4-15-11/h2-6,9,13H,7H2,1H3. The van der Waals surface area contributed by atoms with Gasteiger partial charge in [0.2, 0.25) is 0 Å². The van der Waals surface area contributed by atoms with E-state index in [4.69, 9.17) is 11.6 Å². The van der Waals surface area contributed by atoms with Crippen LogP contribution in [0.3, 0.4) is 0 Å². The van der Waals surface area contributed by atoms with Crippen LogP contribution < -0.4 is 5.32 Å². The molecule has 3 nitrogen and oxygen atoms in total. The molecule has 0 radical (unpaired) electrons. The molecule has 2 aromatic rings. The first-order valence-electron chi connectivity index (χ1n) is 4.97. The summed E-state index contributed by atoms with van der Waals surface area (Å²) in [7, 11) is 1.91. The SMILES string of the molecule is CNC(Cc1nccs1)c1ncccc1Cl. The van der Waals surface area contributed by atoms with Gasteiger partial charge in [-0.1, -0.05) is 11.6 Å². The first-order chi connectivity index (χ1) is 7.81. The molecule has 0 spiro atoms. The number of halogens is 1. The van der Waals surface area contributed by atoms with Gasteiger partial charge in [0.15, 0.2) is 0 Å². The molecule has 0 amide bonds. The Morgan fingerprint density at radius 1 is 1.44 bits per heavy atom. The topological polar surface area (TPSA) is 37.8 Å². The van der Waals surface area contributed by atoms with Gasteiger partial charge in [0, 0.05) is 24.2 Å². The summed E-state index contributed by atoms with van der Waals surface area (Å²) in [6.45, 7) is 0. The zero-order valence-electron chi connectivity index (χ0n) is 8.85. The van der Waals surface area contributed by atoms with E-state index in [1.165, 1.54) is 0 Å². The molecule has 0 aliphatic heterocycles. The average molecular weight is 254 g/mol. The highest BCUT2D eigenvalue weighted by atomic mass is 35.5. The van der Waals surface area contributed by atoms with Crippen LogP contribution in [0.1, 0.15) is 16.7 Å². The van der Waals surface area contributed by atoms with E-state index in [-0.39, 0.29) is 6.04 Å². The largest absolute Gasteiger partial charge is 0.311 e. The molecule has 5 heteroatoms. The van der Waals surface area contributed by atoms with Crippen LogP contribution in [0.2, 0.25) is 5.02 Å². The van der Waals surface area contributed by atoms with Gasteiger partial charge in [0.05, 0.1) is 21.8 Å². The van der Waals surface area contributed by atoms with Crippen LogP contribution in [-0.2, 0) is 6.42 Å². The Morgan fingerprint density at radius 2 is 2.31 bits per heavy atom.